The van der Waals surface area contributed by atoms with Crippen LogP contribution in [0.15, 0.2) is 78.9 Å². The van der Waals surface area contributed by atoms with Crippen molar-refractivity contribution in [3.05, 3.63) is 84.4 Å². The van der Waals surface area contributed by atoms with Crippen molar-refractivity contribution in [2.45, 2.75) is 45.1 Å². The zero-order valence-corrected chi connectivity index (χ0v) is 20.7. The highest BCUT2D eigenvalue weighted by Crippen LogP contribution is 2.39. The summed E-state index contributed by atoms with van der Waals surface area (Å²) in [5.74, 6) is 0.476. The Kier molecular flexibility index (Phi) is 5.17. The smallest absolute Gasteiger partial charge is 0.410 e. The number of rotatable bonds is 2. The second-order valence-electron chi connectivity index (χ2n) is 10.8. The molecule has 0 unspecified atom stereocenters. The zero-order chi connectivity index (χ0) is 24.2. The molecule has 0 atom stereocenters. The van der Waals surface area contributed by atoms with Gasteiger partial charge in [0, 0.05) is 13.1 Å². The summed E-state index contributed by atoms with van der Waals surface area (Å²) in [5.41, 5.74) is 3.43. The number of benzene rings is 5. The monoisotopic (exact) mass is 461 g/mol. The third-order valence-electron chi connectivity index (χ3n) is 7.37. The first-order chi connectivity index (χ1) is 16.9. The maximum atomic E-state index is 12.4. The van der Waals surface area contributed by atoms with Gasteiger partial charge < -0.3 is 9.64 Å². The molecule has 176 valence electrons. The van der Waals surface area contributed by atoms with Gasteiger partial charge >= 0.3 is 6.09 Å². The Morgan fingerprint density at radius 2 is 1.37 bits per heavy atom. The lowest BCUT2D eigenvalue weighted by Crippen LogP contribution is -2.41. The van der Waals surface area contributed by atoms with Gasteiger partial charge in [0.05, 0.1) is 0 Å². The van der Waals surface area contributed by atoms with Gasteiger partial charge in [0.1, 0.15) is 5.60 Å². The third kappa shape index (κ3) is 3.99. The van der Waals surface area contributed by atoms with Gasteiger partial charge in [0.15, 0.2) is 0 Å². The molecule has 1 aliphatic rings. The fourth-order valence-electron chi connectivity index (χ4n) is 5.64. The molecule has 1 heterocycles. The summed E-state index contributed by atoms with van der Waals surface area (Å²) in [6, 6.07) is 29.1. The number of carbonyl (C=O) groups excluding carboxylic acids is 1. The molecule has 0 spiro atoms. The Morgan fingerprint density at radius 1 is 0.771 bits per heavy atom. The minimum Gasteiger partial charge on any atom is -0.444 e. The number of ether oxygens (including phenoxy) is 1. The number of hydrogen-bond donors (Lipinski definition) is 0. The van der Waals surface area contributed by atoms with E-state index in [4.69, 9.17) is 4.74 Å². The fraction of sp³-hybridized carbons (Fsp3) is 0.281. The normalized spacial score (nSPS) is 15.3. The average molecular weight is 462 g/mol. The lowest BCUT2D eigenvalue weighted by Gasteiger charge is -2.33. The van der Waals surface area contributed by atoms with Gasteiger partial charge in [0.2, 0.25) is 0 Å². The minimum absolute atomic E-state index is 0.194. The lowest BCUT2D eigenvalue weighted by atomic mass is 9.87. The minimum atomic E-state index is -0.450. The van der Waals surface area contributed by atoms with Crippen LogP contribution in [-0.4, -0.2) is 29.7 Å². The molecule has 0 saturated carbocycles. The van der Waals surface area contributed by atoms with Crippen LogP contribution < -0.4 is 0 Å². The average Bonchev–Trinajstić information content (AvgIpc) is 2.86. The number of likely N-dealkylation sites (tertiary alicyclic amines) is 1. The molecule has 3 heteroatoms. The largest absolute Gasteiger partial charge is 0.444 e. The Balaban J connectivity index is 1.26. The van der Waals surface area contributed by atoms with E-state index in [0.29, 0.717) is 5.92 Å². The summed E-state index contributed by atoms with van der Waals surface area (Å²) >= 11 is 0. The molecular weight excluding hydrogens is 430 g/mol. The predicted molar refractivity (Wildman–Crippen MR) is 145 cm³/mol. The Hall–Kier alpha value is -3.59. The van der Waals surface area contributed by atoms with Crippen LogP contribution in [0.4, 0.5) is 4.79 Å². The van der Waals surface area contributed by atoms with Gasteiger partial charge in [0.25, 0.3) is 0 Å². The van der Waals surface area contributed by atoms with Crippen LogP contribution in [0.25, 0.3) is 43.4 Å². The first kappa shape index (κ1) is 21.9. The maximum Gasteiger partial charge on any atom is 0.410 e. The topological polar surface area (TPSA) is 29.5 Å². The van der Waals surface area contributed by atoms with Crippen molar-refractivity contribution in [2.24, 2.45) is 0 Å². The highest BCUT2D eigenvalue weighted by molar-refractivity contribution is 6.25. The van der Waals surface area contributed by atoms with E-state index in [1.54, 1.807) is 0 Å². The fourth-order valence-corrected chi connectivity index (χ4v) is 5.64. The van der Waals surface area contributed by atoms with E-state index >= 15 is 0 Å². The van der Waals surface area contributed by atoms with Crippen LogP contribution in [0.3, 0.4) is 0 Å². The molecule has 0 N–H and O–H groups in total. The van der Waals surface area contributed by atoms with Crippen LogP contribution in [-0.2, 0) is 4.74 Å². The molecular formula is C32H31NO2. The molecule has 35 heavy (non-hydrogen) atoms. The van der Waals surface area contributed by atoms with E-state index in [0.717, 1.165) is 25.9 Å². The molecule has 5 aromatic carbocycles. The summed E-state index contributed by atoms with van der Waals surface area (Å²) in [5, 5.41) is 7.91. The molecule has 0 aliphatic carbocycles. The van der Waals surface area contributed by atoms with Gasteiger partial charge in [-0.25, -0.2) is 4.79 Å². The maximum absolute atomic E-state index is 12.4. The Bertz CT molecular complexity index is 1500. The molecule has 0 aromatic heterocycles. The number of nitrogens with zero attached hydrogens (tertiary/aromatic N) is 1. The van der Waals surface area contributed by atoms with Gasteiger partial charge in [-0.05, 0) is 88.5 Å². The summed E-state index contributed by atoms with van der Waals surface area (Å²) < 4.78 is 5.55. The Labute approximate surface area is 206 Å². The van der Waals surface area contributed by atoms with Crippen molar-refractivity contribution in [3.8, 4) is 11.1 Å². The summed E-state index contributed by atoms with van der Waals surface area (Å²) in [6.07, 6.45) is 1.74. The van der Waals surface area contributed by atoms with E-state index in [9.17, 15) is 4.79 Å². The van der Waals surface area contributed by atoms with E-state index < -0.39 is 5.60 Å². The second kappa shape index (κ2) is 8.27. The van der Waals surface area contributed by atoms with Crippen molar-refractivity contribution in [1.82, 2.24) is 4.90 Å². The van der Waals surface area contributed by atoms with Crippen molar-refractivity contribution >= 4 is 38.4 Å². The van der Waals surface area contributed by atoms with Crippen LogP contribution in [0, 0.1) is 0 Å². The van der Waals surface area contributed by atoms with Crippen LogP contribution in [0.1, 0.15) is 45.1 Å². The van der Waals surface area contributed by atoms with E-state index in [2.05, 4.69) is 78.9 Å². The predicted octanol–water partition coefficient (Wildman–Crippen LogP) is 8.37. The van der Waals surface area contributed by atoms with Crippen molar-refractivity contribution in [1.29, 1.82) is 0 Å². The van der Waals surface area contributed by atoms with Crippen molar-refractivity contribution < 1.29 is 9.53 Å². The van der Waals surface area contributed by atoms with Crippen molar-refractivity contribution in [2.75, 3.05) is 13.1 Å². The van der Waals surface area contributed by atoms with Gasteiger partial charge in [-0.3, -0.25) is 0 Å². The highest BCUT2D eigenvalue weighted by Gasteiger charge is 2.27. The van der Waals surface area contributed by atoms with E-state index in [1.165, 1.54) is 49.0 Å². The number of hydrogen-bond acceptors (Lipinski definition) is 2. The van der Waals surface area contributed by atoms with E-state index in [1.807, 2.05) is 25.7 Å². The number of piperidine rings is 1. The van der Waals surface area contributed by atoms with Crippen LogP contribution in [0.2, 0.25) is 0 Å². The number of amides is 1. The lowest BCUT2D eigenvalue weighted by molar-refractivity contribution is 0.0205. The molecule has 5 aromatic rings. The first-order valence-electron chi connectivity index (χ1n) is 12.6. The van der Waals surface area contributed by atoms with Gasteiger partial charge in [-0.2, -0.15) is 0 Å². The zero-order valence-electron chi connectivity index (χ0n) is 20.7. The molecule has 0 bridgehead atoms. The van der Waals surface area contributed by atoms with Crippen LogP contribution in [0.5, 0.6) is 0 Å². The molecule has 1 aliphatic heterocycles. The summed E-state index contributed by atoms with van der Waals surface area (Å²) in [7, 11) is 0. The molecule has 0 radical (unpaired) electrons. The van der Waals surface area contributed by atoms with Crippen molar-refractivity contribution in [3.63, 3.8) is 0 Å². The molecule has 1 amide bonds. The summed E-state index contributed by atoms with van der Waals surface area (Å²) in [4.78, 5) is 14.2. The third-order valence-corrected chi connectivity index (χ3v) is 7.37. The number of carbonyl (C=O) groups is 1. The first-order valence-corrected chi connectivity index (χ1v) is 12.6. The van der Waals surface area contributed by atoms with Crippen LogP contribution >= 0.6 is 0 Å². The summed E-state index contributed by atoms with van der Waals surface area (Å²) in [6.45, 7) is 7.24. The van der Waals surface area contributed by atoms with Gasteiger partial charge in [-0.15, -0.1) is 0 Å². The van der Waals surface area contributed by atoms with E-state index in [-0.39, 0.29) is 6.09 Å². The Morgan fingerprint density at radius 3 is 2.03 bits per heavy atom. The molecule has 3 nitrogen and oxygen atoms in total. The molecule has 1 fully saturated rings. The second-order valence-corrected chi connectivity index (χ2v) is 10.8. The SMILES string of the molecule is CC(C)(C)OC(=O)N1CCC(c2ccc(-c3ccc4ccc5cccc6ccc3c4c56)cc2)CC1. The standard InChI is InChI=1S/C32H31NO2/c1-32(2,3)35-31(34)33-19-17-22(18-20-33)21-7-9-23(10-8-21)27-15-13-26-12-11-24-5-4-6-25-14-16-28(27)30(26)29(24)25/h4-16,22H,17-20H2,1-3H3. The van der Waals surface area contributed by atoms with Gasteiger partial charge in [-0.1, -0.05) is 78.9 Å². The molecule has 6 rings (SSSR count). The highest BCUT2D eigenvalue weighted by atomic mass is 16.6. The quantitative estimate of drug-likeness (QED) is 0.247. The molecule has 1 saturated heterocycles.